The highest BCUT2D eigenvalue weighted by atomic mass is 32.2. The molecule has 36 heavy (non-hydrogen) atoms. The quantitative estimate of drug-likeness (QED) is 0.428. The van der Waals surface area contributed by atoms with Gasteiger partial charge in [-0.25, -0.2) is 4.79 Å². The van der Waals surface area contributed by atoms with E-state index in [2.05, 4.69) is 16.7 Å². The van der Waals surface area contributed by atoms with E-state index in [1.165, 1.54) is 7.11 Å². The van der Waals surface area contributed by atoms with Gasteiger partial charge in [-0.3, -0.25) is 9.59 Å². The smallest absolute Gasteiger partial charge is 0.328 e. The lowest BCUT2D eigenvalue weighted by Gasteiger charge is -2.30. The van der Waals surface area contributed by atoms with Crippen molar-refractivity contribution in [2.24, 2.45) is 0 Å². The normalized spacial score (nSPS) is 15.1. The van der Waals surface area contributed by atoms with E-state index in [-0.39, 0.29) is 18.2 Å². The summed E-state index contributed by atoms with van der Waals surface area (Å²) in [5, 5.41) is 5.82. The van der Waals surface area contributed by atoms with Gasteiger partial charge >= 0.3 is 5.97 Å². The minimum Gasteiger partial charge on any atom is -0.477 e. The summed E-state index contributed by atoms with van der Waals surface area (Å²) in [6.45, 7) is 4.00. The summed E-state index contributed by atoms with van der Waals surface area (Å²) in [6.07, 6.45) is 5.58. The Morgan fingerprint density at radius 1 is 1.03 bits per heavy atom. The van der Waals surface area contributed by atoms with Gasteiger partial charge < -0.3 is 20.1 Å². The van der Waals surface area contributed by atoms with E-state index >= 15 is 0 Å². The molecule has 3 rings (SSSR count). The molecule has 2 N–H and O–H groups in total. The highest BCUT2D eigenvalue weighted by Gasteiger charge is 2.45. The number of esters is 1. The number of benzene rings is 2. The molecule has 7 nitrogen and oxygen atoms in total. The Morgan fingerprint density at radius 2 is 1.67 bits per heavy atom. The lowest BCUT2D eigenvalue weighted by Crippen LogP contribution is -2.54. The molecule has 0 spiro atoms. The van der Waals surface area contributed by atoms with Crippen molar-refractivity contribution in [2.45, 2.75) is 64.0 Å². The van der Waals surface area contributed by atoms with Crippen LogP contribution in [0.4, 0.5) is 5.69 Å². The highest BCUT2D eigenvalue weighted by molar-refractivity contribution is 7.98. The summed E-state index contributed by atoms with van der Waals surface area (Å²) >= 11 is 1.61. The van der Waals surface area contributed by atoms with E-state index in [4.69, 9.17) is 9.47 Å². The van der Waals surface area contributed by atoms with Crippen LogP contribution in [-0.2, 0) is 25.5 Å². The third-order valence-corrected chi connectivity index (χ3v) is 6.98. The van der Waals surface area contributed by atoms with Gasteiger partial charge in [0.2, 0.25) is 5.91 Å². The van der Waals surface area contributed by atoms with Crippen molar-refractivity contribution in [2.75, 3.05) is 24.4 Å². The lowest BCUT2D eigenvalue weighted by atomic mass is 9.99. The Bertz CT molecular complexity index is 1040. The summed E-state index contributed by atoms with van der Waals surface area (Å²) in [6, 6.07) is 12.5. The third-order valence-electron chi connectivity index (χ3n) is 6.33. The molecule has 0 radical (unpaired) electrons. The van der Waals surface area contributed by atoms with Crippen molar-refractivity contribution < 1.29 is 23.9 Å². The van der Waals surface area contributed by atoms with Gasteiger partial charge in [0, 0.05) is 5.69 Å². The van der Waals surface area contributed by atoms with Gasteiger partial charge in [-0.05, 0) is 98.9 Å². The van der Waals surface area contributed by atoms with Crippen LogP contribution in [0, 0.1) is 13.8 Å². The van der Waals surface area contributed by atoms with E-state index in [9.17, 15) is 14.4 Å². The molecule has 0 unspecified atom stereocenters. The van der Waals surface area contributed by atoms with Gasteiger partial charge in [0.25, 0.3) is 5.91 Å². The summed E-state index contributed by atoms with van der Waals surface area (Å²) < 4.78 is 11.1. The standard InChI is InChI=1S/C28H36N2O5S/c1-19-15-20(2)17-22(16-19)29-25(31)18-21-7-9-23(10-8-21)35-28(12-5-6-13-28)27(33)30-24(11-14-36-4)26(32)34-3/h7-10,15-17,24H,5-6,11-14,18H2,1-4H3,(H,29,31)(H,30,33)/t24-/m0/s1. The van der Waals surface area contributed by atoms with Crippen LogP contribution in [0.2, 0.25) is 0 Å². The molecule has 0 heterocycles. The largest absolute Gasteiger partial charge is 0.477 e. The maximum atomic E-state index is 13.3. The van der Waals surface area contributed by atoms with Crippen LogP contribution in [0.5, 0.6) is 5.75 Å². The predicted molar refractivity (Wildman–Crippen MR) is 143 cm³/mol. The van der Waals surface area contributed by atoms with Crippen LogP contribution in [0.1, 0.15) is 48.8 Å². The first kappa shape index (κ1) is 27.6. The number of carbonyl (C=O) groups is 3. The first-order chi connectivity index (χ1) is 17.2. The highest BCUT2D eigenvalue weighted by Crippen LogP contribution is 2.35. The minimum absolute atomic E-state index is 0.0978. The SMILES string of the molecule is COC(=O)[C@H](CCSC)NC(=O)C1(Oc2ccc(CC(=O)Nc3cc(C)cc(C)c3)cc2)CCCC1. The summed E-state index contributed by atoms with van der Waals surface area (Å²) in [5.74, 6) is 0.456. The fourth-order valence-corrected chi connectivity index (χ4v) is 5.05. The van der Waals surface area contributed by atoms with Crippen molar-refractivity contribution in [3.63, 3.8) is 0 Å². The number of hydrogen-bond donors (Lipinski definition) is 2. The van der Waals surface area contributed by atoms with Crippen LogP contribution < -0.4 is 15.4 Å². The van der Waals surface area contributed by atoms with E-state index in [0.29, 0.717) is 25.0 Å². The second-order valence-electron chi connectivity index (χ2n) is 9.38. The number of hydrogen-bond acceptors (Lipinski definition) is 6. The molecule has 1 fully saturated rings. The number of carbonyl (C=O) groups excluding carboxylic acids is 3. The third kappa shape index (κ3) is 7.50. The molecular formula is C28H36N2O5S. The van der Waals surface area contributed by atoms with Crippen LogP contribution >= 0.6 is 11.8 Å². The molecule has 1 saturated carbocycles. The fourth-order valence-electron chi connectivity index (χ4n) is 4.58. The number of aryl methyl sites for hydroxylation is 2. The molecule has 2 aromatic carbocycles. The molecule has 0 aliphatic heterocycles. The van der Waals surface area contributed by atoms with Gasteiger partial charge in [0.1, 0.15) is 11.8 Å². The average molecular weight is 513 g/mol. The number of nitrogens with one attached hydrogen (secondary N) is 2. The number of rotatable bonds is 11. The summed E-state index contributed by atoms with van der Waals surface area (Å²) in [5.41, 5.74) is 2.80. The van der Waals surface area contributed by atoms with Gasteiger partial charge in [-0.2, -0.15) is 11.8 Å². The summed E-state index contributed by atoms with van der Waals surface area (Å²) in [4.78, 5) is 38.0. The first-order valence-corrected chi connectivity index (χ1v) is 13.7. The monoisotopic (exact) mass is 512 g/mol. The number of thioether (sulfide) groups is 1. The molecule has 0 bridgehead atoms. The molecule has 1 aliphatic rings. The van der Waals surface area contributed by atoms with Crippen LogP contribution in [-0.4, -0.2) is 48.5 Å². The van der Waals surface area contributed by atoms with Gasteiger partial charge in [0.15, 0.2) is 5.60 Å². The minimum atomic E-state index is -1.02. The van der Waals surface area contributed by atoms with Crippen LogP contribution in [0.25, 0.3) is 0 Å². The maximum absolute atomic E-state index is 13.3. The predicted octanol–water partition coefficient (Wildman–Crippen LogP) is 4.59. The van der Waals surface area contributed by atoms with Gasteiger partial charge in [-0.1, -0.05) is 18.2 Å². The molecule has 0 saturated heterocycles. The molecule has 0 aromatic heterocycles. The first-order valence-electron chi connectivity index (χ1n) is 12.3. The van der Waals surface area contributed by atoms with Crippen LogP contribution in [0.15, 0.2) is 42.5 Å². The molecule has 1 aliphatic carbocycles. The zero-order valence-electron chi connectivity index (χ0n) is 21.5. The van der Waals surface area contributed by atoms with E-state index < -0.39 is 17.6 Å². The number of ether oxygens (including phenoxy) is 2. The Hall–Kier alpha value is -3.00. The molecule has 2 aromatic rings. The second kappa shape index (κ2) is 12.8. The lowest BCUT2D eigenvalue weighted by molar-refractivity contribution is -0.148. The van der Waals surface area contributed by atoms with Gasteiger partial charge in [0.05, 0.1) is 13.5 Å². The number of methoxy groups -OCH3 is 1. The zero-order chi connectivity index (χ0) is 26.1. The van der Waals surface area contributed by atoms with Gasteiger partial charge in [-0.15, -0.1) is 0 Å². The van der Waals surface area contributed by atoms with Crippen molar-refractivity contribution in [1.29, 1.82) is 0 Å². The Kier molecular flexibility index (Phi) is 9.81. The maximum Gasteiger partial charge on any atom is 0.328 e. The van der Waals surface area contributed by atoms with Crippen molar-refractivity contribution in [1.82, 2.24) is 5.32 Å². The number of amides is 2. The molecular weight excluding hydrogens is 476 g/mol. The molecule has 194 valence electrons. The van der Waals surface area contributed by atoms with Crippen molar-refractivity contribution in [3.05, 3.63) is 59.2 Å². The molecule has 2 amide bonds. The van der Waals surface area contributed by atoms with Crippen molar-refractivity contribution >= 4 is 35.2 Å². The fraction of sp³-hybridized carbons (Fsp3) is 0.464. The van der Waals surface area contributed by atoms with Crippen LogP contribution in [0.3, 0.4) is 0 Å². The molecule has 1 atom stereocenters. The van der Waals surface area contributed by atoms with E-state index in [1.54, 1.807) is 23.9 Å². The molecule has 8 heteroatoms. The summed E-state index contributed by atoms with van der Waals surface area (Å²) in [7, 11) is 1.33. The second-order valence-corrected chi connectivity index (χ2v) is 10.4. The zero-order valence-corrected chi connectivity index (χ0v) is 22.3. The van der Waals surface area contributed by atoms with E-state index in [1.807, 2.05) is 44.4 Å². The van der Waals surface area contributed by atoms with Crippen molar-refractivity contribution in [3.8, 4) is 5.75 Å². The Labute approximate surface area is 217 Å². The number of anilines is 1. The van der Waals surface area contributed by atoms with E-state index in [0.717, 1.165) is 41.0 Å². The average Bonchev–Trinajstić information content (AvgIpc) is 3.31. The topological polar surface area (TPSA) is 93.7 Å². The Morgan fingerprint density at radius 3 is 2.25 bits per heavy atom. The Balaban J connectivity index is 1.64.